The van der Waals surface area contributed by atoms with Crippen LogP contribution in [0, 0.1) is 0 Å². The molecule has 0 saturated heterocycles. The highest BCUT2D eigenvalue weighted by molar-refractivity contribution is 5.89. The number of aryl methyl sites for hydroxylation is 1. The molecule has 5 heteroatoms. The molecule has 0 saturated carbocycles. The second kappa shape index (κ2) is 7.24. The van der Waals surface area contributed by atoms with E-state index in [0.717, 1.165) is 18.5 Å². The van der Waals surface area contributed by atoms with Crippen LogP contribution in [0.2, 0.25) is 0 Å². The number of aliphatic hydroxyl groups is 1. The molecule has 0 fully saturated rings. The number of rotatable bonds is 5. The van der Waals surface area contributed by atoms with Crippen LogP contribution < -0.4 is 5.32 Å². The molecule has 0 radical (unpaired) electrons. The van der Waals surface area contributed by atoms with Gasteiger partial charge < -0.3 is 15.3 Å². The molecule has 1 heterocycles. The normalized spacial score (nSPS) is 16.0. The van der Waals surface area contributed by atoms with E-state index in [4.69, 9.17) is 5.11 Å². The molecule has 1 aliphatic rings. The number of aliphatic hydroxyl groups excluding tert-OH is 1. The summed E-state index contributed by atoms with van der Waals surface area (Å²) in [4.78, 5) is 18.5. The van der Waals surface area contributed by atoms with Crippen molar-refractivity contribution in [2.45, 2.75) is 25.3 Å². The van der Waals surface area contributed by atoms with Crippen molar-refractivity contribution >= 4 is 11.7 Å². The first-order valence-corrected chi connectivity index (χ1v) is 7.96. The Hall–Kier alpha value is -2.40. The van der Waals surface area contributed by atoms with Crippen molar-refractivity contribution in [2.24, 2.45) is 0 Å². The lowest BCUT2D eigenvalue weighted by Gasteiger charge is -2.30. The van der Waals surface area contributed by atoms with Crippen molar-refractivity contribution in [1.82, 2.24) is 9.88 Å². The van der Waals surface area contributed by atoms with E-state index in [-0.39, 0.29) is 18.7 Å². The van der Waals surface area contributed by atoms with Crippen molar-refractivity contribution in [3.63, 3.8) is 0 Å². The van der Waals surface area contributed by atoms with Crippen LogP contribution in [0.3, 0.4) is 0 Å². The van der Waals surface area contributed by atoms with Crippen LogP contribution in [0.25, 0.3) is 0 Å². The zero-order valence-corrected chi connectivity index (χ0v) is 13.0. The summed E-state index contributed by atoms with van der Waals surface area (Å²) >= 11 is 0. The van der Waals surface area contributed by atoms with Crippen molar-refractivity contribution in [1.29, 1.82) is 0 Å². The summed E-state index contributed by atoms with van der Waals surface area (Å²) in [5.41, 5.74) is 3.25. The van der Waals surface area contributed by atoms with Gasteiger partial charge >= 0.3 is 6.03 Å². The molecule has 2 amide bonds. The second-order valence-electron chi connectivity index (χ2n) is 5.69. The SMILES string of the molecule is O=C(Nc1ccncc1)N(CCCO)[C@@H]1CCc2ccccc21. The predicted octanol–water partition coefficient (Wildman–Crippen LogP) is 2.99. The summed E-state index contributed by atoms with van der Waals surface area (Å²) in [7, 11) is 0. The number of carbonyl (C=O) groups is 1. The first-order chi connectivity index (χ1) is 11.3. The van der Waals surface area contributed by atoms with Gasteiger partial charge in [-0.15, -0.1) is 0 Å². The molecule has 3 rings (SSSR count). The predicted molar refractivity (Wildman–Crippen MR) is 89.2 cm³/mol. The lowest BCUT2D eigenvalue weighted by Crippen LogP contribution is -2.38. The van der Waals surface area contributed by atoms with Gasteiger partial charge in [0.15, 0.2) is 0 Å². The smallest absolute Gasteiger partial charge is 0.322 e. The van der Waals surface area contributed by atoms with Gasteiger partial charge in [0.1, 0.15) is 0 Å². The number of carbonyl (C=O) groups excluding carboxylic acids is 1. The van der Waals surface area contributed by atoms with Gasteiger partial charge in [-0.2, -0.15) is 0 Å². The zero-order valence-electron chi connectivity index (χ0n) is 13.0. The summed E-state index contributed by atoms with van der Waals surface area (Å²) in [6.07, 6.45) is 5.78. The van der Waals surface area contributed by atoms with Crippen molar-refractivity contribution in [3.05, 3.63) is 59.9 Å². The van der Waals surface area contributed by atoms with Gasteiger partial charge in [0.2, 0.25) is 0 Å². The third-order valence-corrected chi connectivity index (χ3v) is 4.23. The Morgan fingerprint density at radius 3 is 2.83 bits per heavy atom. The number of nitrogens with one attached hydrogen (secondary N) is 1. The fourth-order valence-electron chi connectivity index (χ4n) is 3.13. The third-order valence-electron chi connectivity index (χ3n) is 4.23. The minimum absolute atomic E-state index is 0.0691. The second-order valence-corrected chi connectivity index (χ2v) is 5.69. The summed E-state index contributed by atoms with van der Waals surface area (Å²) in [6.45, 7) is 0.611. The largest absolute Gasteiger partial charge is 0.396 e. The van der Waals surface area contributed by atoms with Gasteiger partial charge in [0.05, 0.1) is 6.04 Å². The maximum Gasteiger partial charge on any atom is 0.322 e. The van der Waals surface area contributed by atoms with Crippen LogP contribution in [-0.4, -0.2) is 34.2 Å². The van der Waals surface area contributed by atoms with Crippen LogP contribution in [0.1, 0.15) is 30.0 Å². The molecular weight excluding hydrogens is 290 g/mol. The molecule has 0 spiro atoms. The topological polar surface area (TPSA) is 65.5 Å². The molecule has 1 atom stereocenters. The molecule has 1 aromatic heterocycles. The lowest BCUT2D eigenvalue weighted by molar-refractivity contribution is 0.177. The van der Waals surface area contributed by atoms with Gasteiger partial charge in [0.25, 0.3) is 0 Å². The number of fused-ring (bicyclic) bond motifs is 1. The molecule has 5 nitrogen and oxygen atoms in total. The number of anilines is 1. The van der Waals surface area contributed by atoms with E-state index in [1.54, 1.807) is 24.5 Å². The maximum absolute atomic E-state index is 12.7. The monoisotopic (exact) mass is 311 g/mol. The number of urea groups is 1. The van der Waals surface area contributed by atoms with Crippen LogP contribution in [0.4, 0.5) is 10.5 Å². The van der Waals surface area contributed by atoms with Crippen molar-refractivity contribution < 1.29 is 9.90 Å². The van der Waals surface area contributed by atoms with Crippen LogP contribution in [-0.2, 0) is 6.42 Å². The summed E-state index contributed by atoms with van der Waals surface area (Å²) in [6, 6.07) is 11.7. The molecule has 2 N–H and O–H groups in total. The van der Waals surface area contributed by atoms with Gasteiger partial charge in [-0.25, -0.2) is 4.79 Å². The average Bonchev–Trinajstić information content (AvgIpc) is 3.00. The molecule has 23 heavy (non-hydrogen) atoms. The third kappa shape index (κ3) is 3.51. The summed E-state index contributed by atoms with van der Waals surface area (Å²) in [5.74, 6) is 0. The Bertz CT molecular complexity index is 660. The molecule has 1 aliphatic carbocycles. The highest BCUT2D eigenvalue weighted by Crippen LogP contribution is 2.36. The summed E-state index contributed by atoms with van der Waals surface area (Å²) in [5, 5.41) is 12.1. The number of nitrogens with zero attached hydrogens (tertiary/aromatic N) is 2. The Morgan fingerprint density at radius 2 is 2.04 bits per heavy atom. The molecule has 1 aromatic carbocycles. The Labute approximate surface area is 136 Å². The number of amides is 2. The highest BCUT2D eigenvalue weighted by Gasteiger charge is 2.30. The van der Waals surface area contributed by atoms with E-state index in [1.165, 1.54) is 11.1 Å². The van der Waals surface area contributed by atoms with Gasteiger partial charge in [-0.3, -0.25) is 4.98 Å². The highest BCUT2D eigenvalue weighted by atomic mass is 16.3. The standard InChI is InChI=1S/C18H21N3O2/c22-13-3-12-21(18(23)20-15-8-10-19-11-9-15)17-7-6-14-4-1-2-5-16(14)17/h1-2,4-5,8-11,17,22H,3,6-7,12-13H2,(H,19,20,23)/t17-/m1/s1. The van der Waals surface area contributed by atoms with Crippen molar-refractivity contribution in [2.75, 3.05) is 18.5 Å². The first kappa shape index (κ1) is 15.5. The fraction of sp³-hybridized carbons (Fsp3) is 0.333. The van der Waals surface area contributed by atoms with Crippen LogP contribution in [0.15, 0.2) is 48.8 Å². The molecule has 0 aliphatic heterocycles. The molecule has 0 unspecified atom stereocenters. The Balaban J connectivity index is 1.79. The average molecular weight is 311 g/mol. The van der Waals surface area contributed by atoms with E-state index in [1.807, 2.05) is 17.0 Å². The van der Waals surface area contributed by atoms with Crippen LogP contribution >= 0.6 is 0 Å². The Kier molecular flexibility index (Phi) is 4.88. The van der Waals surface area contributed by atoms with E-state index >= 15 is 0 Å². The van der Waals surface area contributed by atoms with E-state index < -0.39 is 0 Å². The lowest BCUT2D eigenvalue weighted by atomic mass is 10.1. The number of pyridine rings is 1. The van der Waals surface area contributed by atoms with E-state index in [9.17, 15) is 4.79 Å². The molecule has 120 valence electrons. The quantitative estimate of drug-likeness (QED) is 0.892. The number of hydrogen-bond donors (Lipinski definition) is 2. The Morgan fingerprint density at radius 1 is 1.26 bits per heavy atom. The van der Waals surface area contributed by atoms with Crippen molar-refractivity contribution in [3.8, 4) is 0 Å². The van der Waals surface area contributed by atoms with E-state index in [2.05, 4.69) is 22.4 Å². The first-order valence-electron chi connectivity index (χ1n) is 7.96. The molecule has 2 aromatic rings. The number of hydrogen-bond acceptors (Lipinski definition) is 3. The molecular formula is C18H21N3O2. The summed E-state index contributed by atoms with van der Waals surface area (Å²) < 4.78 is 0. The number of benzene rings is 1. The van der Waals surface area contributed by atoms with Gasteiger partial charge in [0, 0.05) is 31.2 Å². The minimum Gasteiger partial charge on any atom is -0.396 e. The minimum atomic E-state index is -0.133. The zero-order chi connectivity index (χ0) is 16.1. The van der Waals surface area contributed by atoms with Gasteiger partial charge in [-0.1, -0.05) is 24.3 Å². The maximum atomic E-state index is 12.7. The number of aromatic nitrogens is 1. The van der Waals surface area contributed by atoms with Gasteiger partial charge in [-0.05, 0) is 42.5 Å². The van der Waals surface area contributed by atoms with Crippen LogP contribution in [0.5, 0.6) is 0 Å². The fourth-order valence-corrected chi connectivity index (χ4v) is 3.13. The van der Waals surface area contributed by atoms with E-state index in [0.29, 0.717) is 13.0 Å². The molecule has 0 bridgehead atoms.